The van der Waals surface area contributed by atoms with Gasteiger partial charge in [-0.05, 0) is 23.6 Å². The minimum Gasteiger partial charge on any atom is -0.268 e. The molecule has 4 aromatic rings. The number of benzene rings is 3. The second kappa shape index (κ2) is 5.96. The van der Waals surface area contributed by atoms with E-state index >= 15 is 0 Å². The molecule has 0 fully saturated rings. The zero-order valence-electron chi connectivity index (χ0n) is 13.4. The minimum atomic E-state index is -4.86. The molecule has 0 aliphatic heterocycles. The molecular weight excluding hydrogens is 355 g/mol. The van der Waals surface area contributed by atoms with Gasteiger partial charge in [0.1, 0.15) is 4.90 Å². The molecule has 0 spiro atoms. The Hall–Kier alpha value is -3.19. The van der Waals surface area contributed by atoms with E-state index in [1.807, 2.05) is 30.3 Å². The van der Waals surface area contributed by atoms with Gasteiger partial charge in [0.25, 0.3) is 5.56 Å². The smallest absolute Gasteiger partial charge is 0.268 e. The Labute approximate surface area is 148 Å². The predicted octanol–water partition coefficient (Wildman–Crippen LogP) is 3.64. The Balaban J connectivity index is 2.05. The van der Waals surface area contributed by atoms with Gasteiger partial charge in [-0.25, -0.2) is 0 Å². The van der Waals surface area contributed by atoms with E-state index in [0.717, 1.165) is 5.69 Å². The maximum atomic E-state index is 13.6. The topological polar surface area (TPSA) is 71.9 Å². The van der Waals surface area contributed by atoms with Crippen LogP contribution in [-0.2, 0) is 10.2 Å². The molecule has 0 unspecified atom stereocenters. The van der Waals surface area contributed by atoms with Crippen LogP contribution in [-0.4, -0.2) is 18.2 Å². The van der Waals surface area contributed by atoms with Crippen molar-refractivity contribution in [2.75, 3.05) is 0 Å². The summed E-state index contributed by atoms with van der Waals surface area (Å²) in [7, 11) is -4.86. The van der Waals surface area contributed by atoms with Gasteiger partial charge < -0.3 is 0 Å². The summed E-state index contributed by atoms with van der Waals surface area (Å²) in [5.41, 5.74) is 1.63. The highest BCUT2D eigenvalue weighted by molar-refractivity contribution is 7.86. The number of hydrogen-bond donors (Lipinski definition) is 1. The van der Waals surface area contributed by atoms with Crippen LogP contribution in [0.1, 0.15) is 0 Å². The fourth-order valence-electron chi connectivity index (χ4n) is 3.08. The lowest BCUT2D eigenvalue weighted by atomic mass is 10.0. The Morgan fingerprint density at radius 3 is 2.19 bits per heavy atom. The number of nitrogens with one attached hydrogen (secondary N) is 1. The average molecular weight is 368 g/mol. The van der Waals surface area contributed by atoms with Gasteiger partial charge in [-0.15, -0.1) is 3.89 Å². The monoisotopic (exact) mass is 368 g/mol. The SMILES string of the molecule is O=c1cc(-c2ccc(S(=O)(=O)F)c3ccccc23)n(-c2ccccc2)[nH]1. The third-order valence-electron chi connectivity index (χ3n) is 4.17. The number of H-pyrrole nitrogens is 1. The van der Waals surface area contributed by atoms with Crippen LogP contribution in [0.25, 0.3) is 27.7 Å². The fraction of sp³-hybridized carbons (Fsp3) is 0. The molecule has 0 aliphatic rings. The van der Waals surface area contributed by atoms with Crippen LogP contribution in [0, 0.1) is 0 Å². The summed E-state index contributed by atoms with van der Waals surface area (Å²) in [4.78, 5) is 11.6. The maximum absolute atomic E-state index is 13.6. The lowest BCUT2D eigenvalue weighted by Crippen LogP contribution is -2.04. The summed E-state index contributed by atoms with van der Waals surface area (Å²) in [5, 5.41) is 3.54. The third-order valence-corrected chi connectivity index (χ3v) is 5.05. The Bertz CT molecular complexity index is 1280. The summed E-state index contributed by atoms with van der Waals surface area (Å²) in [6, 6.07) is 20.0. The van der Waals surface area contributed by atoms with Crippen molar-refractivity contribution in [1.82, 2.24) is 9.78 Å². The first-order chi connectivity index (χ1) is 12.4. The van der Waals surface area contributed by atoms with Crippen molar-refractivity contribution in [3.05, 3.63) is 83.2 Å². The van der Waals surface area contributed by atoms with E-state index in [9.17, 15) is 17.1 Å². The summed E-state index contributed by atoms with van der Waals surface area (Å²) in [6.07, 6.45) is 0. The van der Waals surface area contributed by atoms with E-state index in [-0.39, 0.29) is 15.8 Å². The Morgan fingerprint density at radius 1 is 0.846 bits per heavy atom. The van der Waals surface area contributed by atoms with Crippen molar-refractivity contribution in [3.63, 3.8) is 0 Å². The number of aromatic amines is 1. The Kier molecular flexibility index (Phi) is 3.73. The van der Waals surface area contributed by atoms with Crippen molar-refractivity contribution in [1.29, 1.82) is 0 Å². The zero-order chi connectivity index (χ0) is 18.3. The highest BCUT2D eigenvalue weighted by Crippen LogP contribution is 2.33. The molecule has 7 heteroatoms. The van der Waals surface area contributed by atoms with Crippen molar-refractivity contribution < 1.29 is 12.3 Å². The second-order valence-electron chi connectivity index (χ2n) is 5.77. The molecule has 0 saturated heterocycles. The van der Waals surface area contributed by atoms with Crippen LogP contribution in [0.5, 0.6) is 0 Å². The number of hydrogen-bond acceptors (Lipinski definition) is 3. The van der Waals surface area contributed by atoms with Gasteiger partial charge in [-0.1, -0.05) is 48.5 Å². The predicted molar refractivity (Wildman–Crippen MR) is 97.6 cm³/mol. The average Bonchev–Trinajstić information content (AvgIpc) is 3.02. The van der Waals surface area contributed by atoms with Gasteiger partial charge >= 0.3 is 10.2 Å². The molecular formula is C19H13FN2O3S. The van der Waals surface area contributed by atoms with Crippen LogP contribution in [0.4, 0.5) is 3.89 Å². The first-order valence-electron chi connectivity index (χ1n) is 7.79. The van der Waals surface area contributed by atoms with Gasteiger partial charge in [0.2, 0.25) is 0 Å². The van der Waals surface area contributed by atoms with E-state index in [4.69, 9.17) is 0 Å². The molecule has 1 aromatic heterocycles. The molecule has 26 heavy (non-hydrogen) atoms. The molecule has 0 amide bonds. The first kappa shape index (κ1) is 16.3. The molecule has 5 nitrogen and oxygen atoms in total. The number of fused-ring (bicyclic) bond motifs is 1. The van der Waals surface area contributed by atoms with E-state index in [0.29, 0.717) is 16.6 Å². The largest absolute Gasteiger partial charge is 0.332 e. The number of halogens is 1. The van der Waals surface area contributed by atoms with E-state index < -0.39 is 10.2 Å². The van der Waals surface area contributed by atoms with Crippen LogP contribution in [0.2, 0.25) is 0 Å². The molecule has 0 aliphatic carbocycles. The van der Waals surface area contributed by atoms with E-state index in [1.165, 1.54) is 18.2 Å². The van der Waals surface area contributed by atoms with Gasteiger partial charge in [0.05, 0.1) is 11.4 Å². The van der Waals surface area contributed by atoms with Crippen LogP contribution in [0.3, 0.4) is 0 Å². The van der Waals surface area contributed by atoms with Crippen LogP contribution >= 0.6 is 0 Å². The highest BCUT2D eigenvalue weighted by atomic mass is 32.3. The molecule has 0 atom stereocenters. The Morgan fingerprint density at radius 2 is 1.50 bits per heavy atom. The van der Waals surface area contributed by atoms with E-state index in [1.54, 1.807) is 28.9 Å². The number of para-hydroxylation sites is 1. The zero-order valence-corrected chi connectivity index (χ0v) is 14.2. The highest BCUT2D eigenvalue weighted by Gasteiger charge is 2.19. The first-order valence-corrected chi connectivity index (χ1v) is 9.18. The lowest BCUT2D eigenvalue weighted by molar-refractivity contribution is 0.553. The van der Waals surface area contributed by atoms with Crippen LogP contribution in [0.15, 0.2) is 82.5 Å². The molecule has 3 aromatic carbocycles. The molecule has 0 radical (unpaired) electrons. The number of aromatic nitrogens is 2. The maximum Gasteiger partial charge on any atom is 0.332 e. The molecule has 1 N–H and O–H groups in total. The summed E-state index contributed by atoms with van der Waals surface area (Å²) >= 11 is 0. The quantitative estimate of drug-likeness (QED) is 0.561. The standard InChI is InChI=1S/C19H13FN2O3S/c20-26(24,25)18-11-10-15(14-8-4-5-9-16(14)18)17-12-19(23)21-22(17)13-6-2-1-3-7-13/h1-12H,(H,21,23). The minimum absolute atomic E-state index is 0.265. The molecule has 130 valence electrons. The summed E-state index contributed by atoms with van der Waals surface area (Å²) in [6.45, 7) is 0. The normalized spacial score (nSPS) is 11.7. The number of rotatable bonds is 3. The molecule has 4 rings (SSSR count). The van der Waals surface area contributed by atoms with Gasteiger partial charge in [0.15, 0.2) is 0 Å². The van der Waals surface area contributed by atoms with E-state index in [2.05, 4.69) is 5.10 Å². The van der Waals surface area contributed by atoms with Crippen molar-refractivity contribution in [2.24, 2.45) is 0 Å². The van der Waals surface area contributed by atoms with Crippen LogP contribution < -0.4 is 5.56 Å². The second-order valence-corrected chi connectivity index (χ2v) is 7.09. The third kappa shape index (κ3) is 2.72. The lowest BCUT2D eigenvalue weighted by Gasteiger charge is -2.12. The van der Waals surface area contributed by atoms with Gasteiger partial charge in [0, 0.05) is 17.0 Å². The van der Waals surface area contributed by atoms with Crippen molar-refractivity contribution in [3.8, 4) is 16.9 Å². The summed E-state index contributed by atoms with van der Waals surface area (Å²) < 4.78 is 38.2. The molecule has 0 saturated carbocycles. The number of nitrogens with zero attached hydrogens (tertiary/aromatic N) is 1. The van der Waals surface area contributed by atoms with Gasteiger partial charge in [-0.2, -0.15) is 8.42 Å². The van der Waals surface area contributed by atoms with Gasteiger partial charge in [-0.3, -0.25) is 14.6 Å². The fourth-order valence-corrected chi connectivity index (χ4v) is 3.75. The molecule has 0 bridgehead atoms. The summed E-state index contributed by atoms with van der Waals surface area (Å²) in [5.74, 6) is 0. The van der Waals surface area contributed by atoms with Crippen molar-refractivity contribution >= 4 is 21.0 Å². The molecule has 1 heterocycles. The van der Waals surface area contributed by atoms with Crippen molar-refractivity contribution in [2.45, 2.75) is 4.90 Å².